The van der Waals surface area contributed by atoms with Crippen LogP contribution < -0.4 is 4.74 Å². The number of carboxylic acids is 1. The monoisotopic (exact) mass is 357 g/mol. The maximum absolute atomic E-state index is 12.4. The van der Waals surface area contributed by atoms with Gasteiger partial charge in [-0.15, -0.1) is 0 Å². The maximum atomic E-state index is 12.4. The van der Waals surface area contributed by atoms with E-state index < -0.39 is 11.9 Å². The fraction of sp³-hybridized carbons (Fsp3) is 0.500. The molecule has 3 rings (SSSR count). The highest BCUT2D eigenvalue weighted by atomic mass is 35.5. The van der Waals surface area contributed by atoms with Crippen LogP contribution in [0.5, 0.6) is 5.75 Å². The molecule has 5 nitrogen and oxygen atoms in total. The third kappa shape index (κ3) is 3.72. The van der Waals surface area contributed by atoms with Crippen molar-refractivity contribution >= 4 is 35.1 Å². The van der Waals surface area contributed by atoms with Crippen LogP contribution in [0, 0.1) is 11.8 Å². The number of ether oxygens (including phenoxy) is 1. The van der Waals surface area contributed by atoms with Crippen LogP contribution in [0.25, 0.3) is 0 Å². The van der Waals surface area contributed by atoms with Gasteiger partial charge in [0.2, 0.25) is 5.91 Å². The highest BCUT2D eigenvalue weighted by Gasteiger charge is 2.44. The van der Waals surface area contributed by atoms with Crippen LogP contribution in [-0.4, -0.2) is 41.1 Å². The van der Waals surface area contributed by atoms with E-state index in [0.717, 1.165) is 12.8 Å². The van der Waals surface area contributed by atoms with Crippen molar-refractivity contribution in [1.29, 1.82) is 0 Å². The number of rotatable bonds is 5. The van der Waals surface area contributed by atoms with E-state index in [1.165, 1.54) is 0 Å². The molecule has 1 saturated heterocycles. The van der Waals surface area contributed by atoms with Gasteiger partial charge in [-0.05, 0) is 30.9 Å². The lowest BCUT2D eigenvalue weighted by molar-refractivity contribution is -0.151. The van der Waals surface area contributed by atoms with Gasteiger partial charge < -0.3 is 14.7 Å². The lowest BCUT2D eigenvalue weighted by Gasteiger charge is -2.21. The van der Waals surface area contributed by atoms with Gasteiger partial charge >= 0.3 is 5.97 Å². The molecule has 7 heteroatoms. The number of nitrogens with zero attached hydrogens (tertiary/aromatic N) is 1. The lowest BCUT2D eigenvalue weighted by Crippen LogP contribution is -2.40. The molecule has 23 heavy (non-hydrogen) atoms. The molecule has 1 saturated carbocycles. The molecule has 0 radical (unpaired) electrons. The van der Waals surface area contributed by atoms with Gasteiger partial charge in [-0.1, -0.05) is 23.2 Å². The summed E-state index contributed by atoms with van der Waals surface area (Å²) in [6.45, 7) is 0.914. The molecule has 1 heterocycles. The zero-order valence-corrected chi connectivity index (χ0v) is 13.9. The minimum atomic E-state index is -1.02. The molecule has 1 aliphatic carbocycles. The quantitative estimate of drug-likeness (QED) is 0.822. The normalized spacial score (nSPS) is 22.0. The molecule has 0 aromatic heterocycles. The molecule has 0 spiro atoms. The Hall–Kier alpha value is -1.46. The molecular weight excluding hydrogens is 341 g/mol. The van der Waals surface area contributed by atoms with E-state index in [1.807, 2.05) is 0 Å². The van der Waals surface area contributed by atoms with Crippen molar-refractivity contribution in [2.75, 3.05) is 13.1 Å². The molecule has 1 amide bonds. The second-order valence-corrected chi connectivity index (χ2v) is 6.86. The van der Waals surface area contributed by atoms with Gasteiger partial charge in [-0.25, -0.2) is 0 Å². The van der Waals surface area contributed by atoms with Crippen molar-refractivity contribution in [2.24, 2.45) is 11.8 Å². The van der Waals surface area contributed by atoms with Gasteiger partial charge in [0.1, 0.15) is 17.8 Å². The van der Waals surface area contributed by atoms with Crippen LogP contribution >= 0.6 is 23.2 Å². The van der Waals surface area contributed by atoms with Crippen LogP contribution in [0.2, 0.25) is 10.0 Å². The van der Waals surface area contributed by atoms with Crippen molar-refractivity contribution in [3.8, 4) is 5.75 Å². The zero-order valence-electron chi connectivity index (χ0n) is 12.4. The summed E-state index contributed by atoms with van der Waals surface area (Å²) >= 11 is 11.8. The summed E-state index contributed by atoms with van der Waals surface area (Å²) in [5.74, 6) is -1.63. The maximum Gasteiger partial charge on any atom is 0.316 e. The topological polar surface area (TPSA) is 66.8 Å². The summed E-state index contributed by atoms with van der Waals surface area (Å²) in [7, 11) is 0. The molecule has 1 aliphatic heterocycles. The van der Waals surface area contributed by atoms with Crippen LogP contribution in [-0.2, 0) is 9.59 Å². The Bertz CT molecular complexity index is 633. The fourth-order valence-corrected chi connectivity index (χ4v) is 3.19. The molecule has 1 aromatic carbocycles. The number of likely N-dealkylation sites (tertiary alicyclic amines) is 1. The number of hydrogen-bond acceptors (Lipinski definition) is 3. The van der Waals surface area contributed by atoms with E-state index in [2.05, 4.69) is 0 Å². The van der Waals surface area contributed by atoms with Crippen LogP contribution in [0.4, 0.5) is 0 Å². The second-order valence-electron chi connectivity index (χ2n) is 6.04. The van der Waals surface area contributed by atoms with Crippen molar-refractivity contribution in [2.45, 2.75) is 25.4 Å². The first-order valence-corrected chi connectivity index (χ1v) is 8.34. The van der Waals surface area contributed by atoms with Crippen molar-refractivity contribution in [3.05, 3.63) is 28.2 Å². The van der Waals surface area contributed by atoms with E-state index in [4.69, 9.17) is 27.9 Å². The summed E-state index contributed by atoms with van der Waals surface area (Å²) in [6, 6.07) is 5.02. The Labute approximate surface area is 144 Å². The number of aliphatic carboxylic acids is 1. The Balaban J connectivity index is 1.60. The Morgan fingerprint density at radius 2 is 1.96 bits per heavy atom. The minimum Gasteiger partial charge on any atom is -0.488 e. The molecule has 2 unspecified atom stereocenters. The highest BCUT2D eigenvalue weighted by molar-refractivity contribution is 6.42. The van der Waals surface area contributed by atoms with Crippen LogP contribution in [0.1, 0.15) is 19.3 Å². The highest BCUT2D eigenvalue weighted by Crippen LogP contribution is 2.38. The Morgan fingerprint density at radius 3 is 2.57 bits per heavy atom. The number of halogens is 2. The standard InChI is InChI=1S/C16H17Cl2NO4/c17-12-4-3-10(7-13(12)18)23-11-5-6-19(8-11)15(20)14(16(21)22)9-1-2-9/h3-4,7,9,11,14H,1-2,5-6,8H2,(H,21,22). The number of benzene rings is 1. The number of amides is 1. The summed E-state index contributed by atoms with van der Waals surface area (Å²) in [4.78, 5) is 25.3. The van der Waals surface area contributed by atoms with Gasteiger partial charge in [0, 0.05) is 19.0 Å². The van der Waals surface area contributed by atoms with Gasteiger partial charge in [0.05, 0.1) is 16.6 Å². The Morgan fingerprint density at radius 1 is 1.22 bits per heavy atom. The minimum absolute atomic E-state index is 0.00459. The first-order chi connectivity index (χ1) is 11.0. The molecule has 1 N–H and O–H groups in total. The average Bonchev–Trinajstić information content (AvgIpc) is 3.20. The van der Waals surface area contributed by atoms with Gasteiger partial charge in [-0.2, -0.15) is 0 Å². The molecule has 1 aromatic rings. The number of carboxylic acid groups (broad SMARTS) is 1. The SMILES string of the molecule is O=C(O)C(C(=O)N1CCC(Oc2ccc(Cl)c(Cl)c2)C1)C1CC1. The summed E-state index contributed by atoms with van der Waals surface area (Å²) in [5.41, 5.74) is 0. The van der Waals surface area contributed by atoms with Crippen molar-refractivity contribution < 1.29 is 19.4 Å². The molecular formula is C16H17Cl2NO4. The third-order valence-corrected chi connectivity index (χ3v) is 5.02. The summed E-state index contributed by atoms with van der Waals surface area (Å²) in [6.07, 6.45) is 2.15. The van der Waals surface area contributed by atoms with Crippen molar-refractivity contribution in [3.63, 3.8) is 0 Å². The number of carbonyl (C=O) groups is 2. The smallest absolute Gasteiger partial charge is 0.316 e. The number of hydrogen-bond donors (Lipinski definition) is 1. The number of carbonyl (C=O) groups excluding carboxylic acids is 1. The average molecular weight is 358 g/mol. The van der Waals surface area contributed by atoms with E-state index >= 15 is 0 Å². The largest absolute Gasteiger partial charge is 0.488 e. The predicted octanol–water partition coefficient (Wildman–Crippen LogP) is 3.08. The Kier molecular flexibility index (Phi) is 4.69. The van der Waals surface area contributed by atoms with E-state index in [1.54, 1.807) is 23.1 Å². The van der Waals surface area contributed by atoms with E-state index in [9.17, 15) is 14.7 Å². The van der Waals surface area contributed by atoms with Gasteiger partial charge in [0.15, 0.2) is 0 Å². The summed E-state index contributed by atoms with van der Waals surface area (Å²) < 4.78 is 5.82. The van der Waals surface area contributed by atoms with Crippen LogP contribution in [0.3, 0.4) is 0 Å². The molecule has 2 aliphatic rings. The second kappa shape index (κ2) is 6.57. The van der Waals surface area contributed by atoms with E-state index in [0.29, 0.717) is 35.3 Å². The fourth-order valence-electron chi connectivity index (χ4n) is 2.90. The first-order valence-electron chi connectivity index (χ1n) is 7.59. The summed E-state index contributed by atoms with van der Waals surface area (Å²) in [5, 5.41) is 10.1. The predicted molar refractivity (Wildman–Crippen MR) is 85.9 cm³/mol. The molecule has 2 fully saturated rings. The van der Waals surface area contributed by atoms with Gasteiger partial charge in [-0.3, -0.25) is 9.59 Å². The zero-order chi connectivity index (χ0) is 16.6. The molecule has 124 valence electrons. The van der Waals surface area contributed by atoms with Crippen molar-refractivity contribution in [1.82, 2.24) is 4.90 Å². The third-order valence-electron chi connectivity index (χ3n) is 4.28. The molecule has 0 bridgehead atoms. The molecule has 2 atom stereocenters. The van der Waals surface area contributed by atoms with Gasteiger partial charge in [0.25, 0.3) is 0 Å². The van der Waals surface area contributed by atoms with Crippen LogP contribution in [0.15, 0.2) is 18.2 Å². The van der Waals surface area contributed by atoms with E-state index in [-0.39, 0.29) is 17.9 Å². The first kappa shape index (κ1) is 16.4. The lowest BCUT2D eigenvalue weighted by atomic mass is 10.0.